The first-order valence-corrected chi connectivity index (χ1v) is 6.80. The van der Waals surface area contributed by atoms with Gasteiger partial charge < -0.3 is 5.73 Å². The van der Waals surface area contributed by atoms with E-state index in [1.807, 2.05) is 13.8 Å². The first-order valence-electron chi connectivity index (χ1n) is 6.42. The third-order valence-corrected chi connectivity index (χ3v) is 3.72. The van der Waals surface area contributed by atoms with Gasteiger partial charge in [0, 0.05) is 25.4 Å². The van der Waals surface area contributed by atoms with Crippen molar-refractivity contribution < 1.29 is 4.79 Å². The lowest BCUT2D eigenvalue weighted by molar-refractivity contribution is -0.119. The van der Waals surface area contributed by atoms with Crippen molar-refractivity contribution in [3.63, 3.8) is 0 Å². The van der Waals surface area contributed by atoms with Crippen molar-refractivity contribution in [1.29, 1.82) is 0 Å². The Morgan fingerprint density at radius 1 is 1.55 bits per heavy atom. The fourth-order valence-electron chi connectivity index (χ4n) is 2.10. The molecule has 2 N–H and O–H groups in total. The third-order valence-electron chi connectivity index (χ3n) is 3.23. The second-order valence-corrected chi connectivity index (χ2v) is 5.11. The largest absolute Gasteiger partial charge is 0.318 e. The van der Waals surface area contributed by atoms with Crippen molar-refractivity contribution in [3.05, 3.63) is 34.4 Å². The first kappa shape index (κ1) is 14.7. The molecular formula is C13H18ClN5O. The summed E-state index contributed by atoms with van der Waals surface area (Å²) < 4.78 is 3.36. The monoisotopic (exact) mass is 295 g/mol. The summed E-state index contributed by atoms with van der Waals surface area (Å²) in [5, 5.41) is 8.86. The Morgan fingerprint density at radius 2 is 2.25 bits per heavy atom. The quantitative estimate of drug-likeness (QED) is 0.904. The molecule has 0 fully saturated rings. The Morgan fingerprint density at radius 3 is 2.80 bits per heavy atom. The molecule has 20 heavy (non-hydrogen) atoms. The van der Waals surface area contributed by atoms with Crippen molar-refractivity contribution >= 4 is 17.4 Å². The average Bonchev–Trinajstić information content (AvgIpc) is 2.96. The van der Waals surface area contributed by atoms with Gasteiger partial charge in [-0.1, -0.05) is 11.6 Å². The summed E-state index contributed by atoms with van der Waals surface area (Å²) >= 11 is 6.20. The molecule has 0 spiro atoms. The maximum absolute atomic E-state index is 12.3. The number of rotatable bonds is 5. The van der Waals surface area contributed by atoms with Crippen LogP contribution in [0.1, 0.15) is 29.9 Å². The van der Waals surface area contributed by atoms with Gasteiger partial charge in [0.25, 0.3) is 0 Å². The van der Waals surface area contributed by atoms with Crippen LogP contribution in [0.2, 0.25) is 5.02 Å². The van der Waals surface area contributed by atoms with Crippen molar-refractivity contribution in [2.45, 2.75) is 32.9 Å². The van der Waals surface area contributed by atoms with Crippen LogP contribution < -0.4 is 5.73 Å². The van der Waals surface area contributed by atoms with Crippen LogP contribution in [0.4, 0.5) is 0 Å². The van der Waals surface area contributed by atoms with E-state index in [1.54, 1.807) is 28.8 Å². The van der Waals surface area contributed by atoms with Gasteiger partial charge in [0.1, 0.15) is 0 Å². The molecule has 0 bridgehead atoms. The molecule has 0 amide bonds. The summed E-state index contributed by atoms with van der Waals surface area (Å²) in [6.07, 6.45) is 3.52. The minimum atomic E-state index is -0.694. The summed E-state index contributed by atoms with van der Waals surface area (Å²) in [6, 6.07) is -0.694. The summed E-state index contributed by atoms with van der Waals surface area (Å²) in [4.78, 5) is 12.3. The highest BCUT2D eigenvalue weighted by molar-refractivity contribution is 6.32. The number of hydrogen-bond donors (Lipinski definition) is 1. The molecule has 2 aromatic heterocycles. The van der Waals surface area contributed by atoms with Crippen LogP contribution in [0.25, 0.3) is 0 Å². The van der Waals surface area contributed by atoms with Gasteiger partial charge in [0.05, 0.1) is 35.1 Å². The van der Waals surface area contributed by atoms with Gasteiger partial charge in [-0.3, -0.25) is 14.2 Å². The zero-order valence-electron chi connectivity index (χ0n) is 11.8. The lowest BCUT2D eigenvalue weighted by Gasteiger charge is -2.09. The van der Waals surface area contributed by atoms with Crippen molar-refractivity contribution in [3.8, 4) is 0 Å². The minimum absolute atomic E-state index is 0.102. The van der Waals surface area contributed by atoms with E-state index in [-0.39, 0.29) is 12.2 Å². The Hall–Kier alpha value is -1.66. The number of nitrogens with two attached hydrogens (primary N) is 1. The lowest BCUT2D eigenvalue weighted by Crippen LogP contribution is -2.24. The molecule has 0 aliphatic rings. The molecule has 2 heterocycles. The highest BCUT2D eigenvalue weighted by atomic mass is 35.5. The molecule has 0 radical (unpaired) electrons. The van der Waals surface area contributed by atoms with E-state index in [9.17, 15) is 4.79 Å². The standard InChI is InChI=1S/C13H18ClN5O/c1-4-19-10(12(14)8(2)17-19)5-11(20)13(15)9-6-16-18(3)7-9/h6-7,13H,4-5,15H2,1-3H3. The normalized spacial score (nSPS) is 12.7. The number of Topliss-reactive ketones (excluding diaryl/α,β-unsaturated/α-hetero) is 1. The molecule has 1 atom stereocenters. The second kappa shape index (κ2) is 5.76. The maximum Gasteiger partial charge on any atom is 0.160 e. The van der Waals surface area contributed by atoms with Gasteiger partial charge >= 0.3 is 0 Å². The van der Waals surface area contributed by atoms with Crippen LogP contribution in [0, 0.1) is 6.92 Å². The van der Waals surface area contributed by atoms with Gasteiger partial charge in [0.2, 0.25) is 0 Å². The van der Waals surface area contributed by atoms with Gasteiger partial charge in [0.15, 0.2) is 5.78 Å². The summed E-state index contributed by atoms with van der Waals surface area (Å²) in [5.74, 6) is -0.102. The van der Waals surface area contributed by atoms with Crippen LogP contribution in [-0.2, 0) is 24.8 Å². The van der Waals surface area contributed by atoms with E-state index >= 15 is 0 Å². The van der Waals surface area contributed by atoms with Crippen molar-refractivity contribution in [1.82, 2.24) is 19.6 Å². The number of ketones is 1. The van der Waals surface area contributed by atoms with E-state index in [2.05, 4.69) is 10.2 Å². The molecule has 108 valence electrons. The average molecular weight is 296 g/mol. The number of nitrogens with zero attached hydrogens (tertiary/aromatic N) is 4. The predicted molar refractivity (Wildman–Crippen MR) is 76.5 cm³/mol. The van der Waals surface area contributed by atoms with E-state index in [1.165, 1.54) is 0 Å². The van der Waals surface area contributed by atoms with Crippen LogP contribution >= 0.6 is 11.6 Å². The zero-order valence-corrected chi connectivity index (χ0v) is 12.6. The number of carbonyl (C=O) groups excluding carboxylic acids is 1. The lowest BCUT2D eigenvalue weighted by atomic mass is 10.0. The van der Waals surface area contributed by atoms with Gasteiger partial charge in [-0.2, -0.15) is 10.2 Å². The molecule has 7 heteroatoms. The van der Waals surface area contributed by atoms with Crippen molar-refractivity contribution in [2.75, 3.05) is 0 Å². The smallest absolute Gasteiger partial charge is 0.160 e. The van der Waals surface area contributed by atoms with Gasteiger partial charge in [-0.15, -0.1) is 0 Å². The Labute approximate surface area is 122 Å². The second-order valence-electron chi connectivity index (χ2n) is 4.73. The fourth-order valence-corrected chi connectivity index (χ4v) is 2.30. The molecule has 0 aliphatic carbocycles. The number of halogens is 1. The first-order chi connectivity index (χ1) is 9.43. The number of carbonyl (C=O) groups is 1. The molecule has 2 aromatic rings. The highest BCUT2D eigenvalue weighted by Gasteiger charge is 2.22. The van der Waals surface area contributed by atoms with E-state index in [0.717, 1.165) is 11.4 Å². The van der Waals surface area contributed by atoms with E-state index in [0.29, 0.717) is 17.1 Å². The molecule has 6 nitrogen and oxygen atoms in total. The van der Waals surface area contributed by atoms with Crippen molar-refractivity contribution in [2.24, 2.45) is 12.8 Å². The van der Waals surface area contributed by atoms with Gasteiger partial charge in [-0.25, -0.2) is 0 Å². The third kappa shape index (κ3) is 2.76. The molecule has 0 aliphatic heterocycles. The highest BCUT2D eigenvalue weighted by Crippen LogP contribution is 2.22. The molecule has 0 saturated carbocycles. The SMILES string of the molecule is CCn1nc(C)c(Cl)c1CC(=O)C(N)c1cnn(C)c1. The fraction of sp³-hybridized carbons (Fsp3) is 0.462. The number of aromatic nitrogens is 4. The molecule has 2 rings (SSSR count). The molecule has 0 aromatic carbocycles. The van der Waals surface area contributed by atoms with Gasteiger partial charge in [-0.05, 0) is 13.8 Å². The summed E-state index contributed by atoms with van der Waals surface area (Å²) in [5.41, 5.74) is 8.12. The topological polar surface area (TPSA) is 78.7 Å². The van der Waals surface area contributed by atoms with Crippen LogP contribution in [0.3, 0.4) is 0 Å². The zero-order chi connectivity index (χ0) is 14.9. The molecule has 1 unspecified atom stereocenters. The number of hydrogen-bond acceptors (Lipinski definition) is 4. The van der Waals surface area contributed by atoms with Crippen LogP contribution in [-0.4, -0.2) is 25.3 Å². The van der Waals surface area contributed by atoms with Crippen LogP contribution in [0.5, 0.6) is 0 Å². The Bertz CT molecular complexity index is 631. The summed E-state index contributed by atoms with van der Waals surface area (Å²) in [6.45, 7) is 4.44. The predicted octanol–water partition coefficient (Wildman–Crippen LogP) is 1.41. The van der Waals surface area contributed by atoms with E-state index in [4.69, 9.17) is 17.3 Å². The minimum Gasteiger partial charge on any atom is -0.318 e. The molecule has 0 saturated heterocycles. The number of aryl methyl sites for hydroxylation is 3. The Balaban J connectivity index is 2.19. The maximum atomic E-state index is 12.3. The summed E-state index contributed by atoms with van der Waals surface area (Å²) in [7, 11) is 1.78. The van der Waals surface area contributed by atoms with E-state index < -0.39 is 6.04 Å². The van der Waals surface area contributed by atoms with Crippen LogP contribution in [0.15, 0.2) is 12.4 Å². The Kier molecular flexibility index (Phi) is 4.25. The molecular weight excluding hydrogens is 278 g/mol.